The Morgan fingerprint density at radius 2 is 2.27 bits per heavy atom. The number of benzene rings is 1. The molecule has 4 heteroatoms. The highest BCUT2D eigenvalue weighted by Crippen LogP contribution is 2.45. The van der Waals surface area contributed by atoms with Crippen molar-refractivity contribution >= 4 is 11.5 Å². The van der Waals surface area contributed by atoms with Crippen LogP contribution in [0.15, 0.2) is 6.07 Å². The van der Waals surface area contributed by atoms with Crippen molar-refractivity contribution in [3.63, 3.8) is 0 Å². The Bertz CT molecular complexity index is 440. The van der Waals surface area contributed by atoms with E-state index in [9.17, 15) is 9.90 Å². The number of methoxy groups -OCH3 is 1. The van der Waals surface area contributed by atoms with Gasteiger partial charge in [0.15, 0.2) is 17.3 Å². The number of ketones is 1. The summed E-state index contributed by atoms with van der Waals surface area (Å²) in [6, 6.07) is 1.56. The van der Waals surface area contributed by atoms with Gasteiger partial charge >= 0.3 is 0 Å². The summed E-state index contributed by atoms with van der Waals surface area (Å²) in [5.74, 6) is 0.318. The third-order valence-corrected chi connectivity index (χ3v) is 2.85. The molecule has 0 spiro atoms. The molecule has 0 heterocycles. The van der Waals surface area contributed by atoms with Gasteiger partial charge in [0.1, 0.15) is 0 Å². The number of phenols is 1. The number of phenolic OH excluding ortho intramolecular Hbond substituents is 1. The molecule has 1 unspecified atom stereocenters. The molecular weight excluding hydrogens is 194 g/mol. The predicted molar refractivity (Wildman–Crippen MR) is 56.4 cm³/mol. The molecule has 4 nitrogen and oxygen atoms in total. The first kappa shape index (κ1) is 9.83. The van der Waals surface area contributed by atoms with Crippen LogP contribution in [0.4, 0.5) is 5.69 Å². The summed E-state index contributed by atoms with van der Waals surface area (Å²) in [6.45, 7) is 1.92. The second-order valence-electron chi connectivity index (χ2n) is 3.83. The van der Waals surface area contributed by atoms with Gasteiger partial charge in [-0.15, -0.1) is 0 Å². The van der Waals surface area contributed by atoms with Gasteiger partial charge in [-0.2, -0.15) is 0 Å². The molecule has 15 heavy (non-hydrogen) atoms. The molecule has 1 aliphatic rings. The fourth-order valence-electron chi connectivity index (χ4n) is 2.09. The van der Waals surface area contributed by atoms with Gasteiger partial charge in [-0.1, -0.05) is 6.92 Å². The van der Waals surface area contributed by atoms with Crippen molar-refractivity contribution in [1.29, 1.82) is 0 Å². The number of aromatic hydroxyl groups is 1. The number of hydrogen-bond donors (Lipinski definition) is 2. The largest absolute Gasteiger partial charge is 0.503 e. The van der Waals surface area contributed by atoms with Crippen molar-refractivity contribution in [2.75, 3.05) is 12.8 Å². The quantitative estimate of drug-likeness (QED) is 0.542. The summed E-state index contributed by atoms with van der Waals surface area (Å²) in [7, 11) is 1.43. The molecule has 1 aromatic rings. The van der Waals surface area contributed by atoms with E-state index in [0.717, 1.165) is 5.56 Å². The molecular formula is C11H13NO3. The van der Waals surface area contributed by atoms with Crippen molar-refractivity contribution in [2.45, 2.75) is 19.3 Å². The standard InChI is InChI=1S/C11H13NO3/c1-5-3-7(13)6-4-8(15-2)11(14)10(12)9(5)6/h4-5,14H,3,12H2,1-2H3. The van der Waals surface area contributed by atoms with Crippen LogP contribution in [0.25, 0.3) is 0 Å². The molecule has 0 aliphatic heterocycles. The number of fused-ring (bicyclic) bond motifs is 1. The highest BCUT2D eigenvalue weighted by atomic mass is 16.5. The summed E-state index contributed by atoms with van der Waals surface area (Å²) < 4.78 is 4.95. The monoisotopic (exact) mass is 207 g/mol. The number of Topliss-reactive ketones (excluding diaryl/α,β-unsaturated/α-hetero) is 1. The lowest BCUT2D eigenvalue weighted by Gasteiger charge is -2.12. The molecule has 0 fully saturated rings. The Morgan fingerprint density at radius 1 is 1.60 bits per heavy atom. The van der Waals surface area contributed by atoms with Gasteiger partial charge in [-0.3, -0.25) is 4.79 Å². The first-order valence-electron chi connectivity index (χ1n) is 4.78. The summed E-state index contributed by atoms with van der Waals surface area (Å²) in [5.41, 5.74) is 7.37. The van der Waals surface area contributed by atoms with Gasteiger partial charge in [0.05, 0.1) is 12.8 Å². The average molecular weight is 207 g/mol. The third kappa shape index (κ3) is 1.25. The van der Waals surface area contributed by atoms with E-state index in [0.29, 0.717) is 12.0 Å². The lowest BCUT2D eigenvalue weighted by atomic mass is 10.0. The van der Waals surface area contributed by atoms with Gasteiger partial charge in [-0.05, 0) is 17.5 Å². The van der Waals surface area contributed by atoms with Crippen molar-refractivity contribution in [3.8, 4) is 11.5 Å². The predicted octanol–water partition coefficient (Wildman–Crippen LogP) is 1.67. The smallest absolute Gasteiger partial charge is 0.181 e. The van der Waals surface area contributed by atoms with Crippen LogP contribution in [0.2, 0.25) is 0 Å². The van der Waals surface area contributed by atoms with Crippen LogP contribution in [-0.4, -0.2) is 18.0 Å². The highest BCUT2D eigenvalue weighted by molar-refractivity contribution is 6.04. The zero-order chi connectivity index (χ0) is 11.2. The van der Waals surface area contributed by atoms with Crippen LogP contribution in [0.3, 0.4) is 0 Å². The molecule has 2 rings (SSSR count). The zero-order valence-electron chi connectivity index (χ0n) is 8.70. The molecule has 1 aromatic carbocycles. The Hall–Kier alpha value is -1.71. The second-order valence-corrected chi connectivity index (χ2v) is 3.83. The Morgan fingerprint density at radius 3 is 2.87 bits per heavy atom. The van der Waals surface area contributed by atoms with E-state index in [2.05, 4.69) is 0 Å². The summed E-state index contributed by atoms with van der Waals surface area (Å²) in [4.78, 5) is 11.6. The number of nitrogen functional groups attached to an aromatic ring is 1. The maximum Gasteiger partial charge on any atom is 0.181 e. The number of anilines is 1. The Balaban J connectivity index is 2.71. The van der Waals surface area contributed by atoms with Gasteiger partial charge in [0.2, 0.25) is 0 Å². The summed E-state index contributed by atoms with van der Waals surface area (Å²) >= 11 is 0. The number of ether oxygens (including phenoxy) is 1. The second kappa shape index (κ2) is 3.15. The van der Waals surface area contributed by atoms with Gasteiger partial charge in [0.25, 0.3) is 0 Å². The van der Waals surface area contributed by atoms with E-state index in [-0.39, 0.29) is 28.9 Å². The van der Waals surface area contributed by atoms with Crippen molar-refractivity contribution in [1.82, 2.24) is 0 Å². The highest BCUT2D eigenvalue weighted by Gasteiger charge is 2.31. The molecule has 1 aliphatic carbocycles. The molecule has 0 saturated heterocycles. The molecule has 3 N–H and O–H groups in total. The minimum absolute atomic E-state index is 0.0579. The topological polar surface area (TPSA) is 72.6 Å². The van der Waals surface area contributed by atoms with Gasteiger partial charge in [-0.25, -0.2) is 0 Å². The summed E-state index contributed by atoms with van der Waals surface area (Å²) in [6.07, 6.45) is 0.451. The molecule has 80 valence electrons. The normalized spacial score (nSPS) is 19.1. The van der Waals surface area contributed by atoms with Crippen LogP contribution < -0.4 is 10.5 Å². The van der Waals surface area contributed by atoms with Gasteiger partial charge < -0.3 is 15.6 Å². The zero-order valence-corrected chi connectivity index (χ0v) is 8.70. The lowest BCUT2D eigenvalue weighted by molar-refractivity contribution is 0.0990. The molecule has 0 saturated carbocycles. The minimum Gasteiger partial charge on any atom is -0.503 e. The van der Waals surface area contributed by atoms with Crippen molar-refractivity contribution in [3.05, 3.63) is 17.2 Å². The molecule has 0 amide bonds. The average Bonchev–Trinajstić information content (AvgIpc) is 2.47. The van der Waals surface area contributed by atoms with E-state index in [1.165, 1.54) is 7.11 Å². The van der Waals surface area contributed by atoms with Crippen LogP contribution in [0.5, 0.6) is 11.5 Å². The van der Waals surface area contributed by atoms with E-state index in [1.54, 1.807) is 6.07 Å². The lowest BCUT2D eigenvalue weighted by Crippen LogP contribution is -1.99. The van der Waals surface area contributed by atoms with Gasteiger partial charge in [0, 0.05) is 12.0 Å². The van der Waals surface area contributed by atoms with Crippen molar-refractivity contribution in [2.24, 2.45) is 0 Å². The van der Waals surface area contributed by atoms with Crippen LogP contribution in [0, 0.1) is 0 Å². The number of hydrogen-bond acceptors (Lipinski definition) is 4. The number of carbonyl (C=O) groups excluding carboxylic acids is 1. The molecule has 0 radical (unpaired) electrons. The maximum absolute atomic E-state index is 11.6. The number of rotatable bonds is 1. The first-order chi connectivity index (χ1) is 7.06. The summed E-state index contributed by atoms with van der Waals surface area (Å²) in [5, 5.41) is 9.70. The molecule has 0 bridgehead atoms. The minimum atomic E-state index is -0.0715. The van der Waals surface area contributed by atoms with E-state index in [4.69, 9.17) is 10.5 Å². The van der Waals surface area contributed by atoms with Crippen LogP contribution >= 0.6 is 0 Å². The van der Waals surface area contributed by atoms with Crippen molar-refractivity contribution < 1.29 is 14.6 Å². The molecule has 1 atom stereocenters. The van der Waals surface area contributed by atoms with E-state index >= 15 is 0 Å². The number of nitrogens with two attached hydrogens (primary N) is 1. The van der Waals surface area contributed by atoms with Crippen LogP contribution in [0.1, 0.15) is 35.2 Å². The maximum atomic E-state index is 11.6. The van der Waals surface area contributed by atoms with E-state index < -0.39 is 0 Å². The Labute approximate surface area is 87.7 Å². The van der Waals surface area contributed by atoms with E-state index in [1.807, 2.05) is 6.92 Å². The molecule has 0 aromatic heterocycles. The fraction of sp³-hybridized carbons (Fsp3) is 0.364. The SMILES string of the molecule is COc1cc2c(c(N)c1O)C(C)CC2=O. The van der Waals surface area contributed by atoms with Crippen LogP contribution in [-0.2, 0) is 0 Å². The fourth-order valence-corrected chi connectivity index (χ4v) is 2.09. The number of carbonyl (C=O) groups is 1. The Kier molecular flexibility index (Phi) is 2.07. The first-order valence-corrected chi connectivity index (χ1v) is 4.78. The third-order valence-electron chi connectivity index (χ3n) is 2.85.